The maximum Gasteiger partial charge on any atom is 0.302 e. The van der Waals surface area contributed by atoms with Crippen LogP contribution in [-0.4, -0.2) is 42.4 Å². The van der Waals surface area contributed by atoms with E-state index in [9.17, 15) is 13.2 Å². The Morgan fingerprint density at radius 3 is 2.65 bits per heavy atom. The number of hydrogen-bond acceptors (Lipinski definition) is 5. The van der Waals surface area contributed by atoms with Gasteiger partial charge in [0.05, 0.1) is 25.7 Å². The van der Waals surface area contributed by atoms with Gasteiger partial charge in [-0.2, -0.15) is 8.42 Å². The fourth-order valence-corrected chi connectivity index (χ4v) is 5.29. The molecule has 8 nitrogen and oxygen atoms in total. The Morgan fingerprint density at radius 2 is 1.97 bits per heavy atom. The van der Waals surface area contributed by atoms with Gasteiger partial charge in [0.15, 0.2) is 5.03 Å². The maximum absolute atomic E-state index is 13.6. The van der Waals surface area contributed by atoms with Gasteiger partial charge in [-0.3, -0.25) is 9.10 Å². The van der Waals surface area contributed by atoms with E-state index >= 15 is 0 Å². The van der Waals surface area contributed by atoms with Crippen LogP contribution in [0, 0.1) is 12.0 Å². The fourth-order valence-electron chi connectivity index (χ4n) is 3.75. The Hall–Kier alpha value is -3.48. The molecule has 1 aliphatic heterocycles. The van der Waals surface area contributed by atoms with E-state index in [0.717, 1.165) is 16.7 Å². The van der Waals surface area contributed by atoms with Crippen molar-refractivity contribution in [1.29, 1.82) is 0 Å². The summed E-state index contributed by atoms with van der Waals surface area (Å²) < 4.78 is 34.7. The van der Waals surface area contributed by atoms with E-state index in [1.54, 1.807) is 46.8 Å². The van der Waals surface area contributed by atoms with Crippen LogP contribution in [0.2, 0.25) is 5.02 Å². The molecular weight excluding hydrogens is 476 g/mol. The predicted molar refractivity (Wildman–Crippen MR) is 128 cm³/mol. The number of carbonyl (C=O) groups excluding carboxylic acids is 1. The Bertz CT molecular complexity index is 1370. The Morgan fingerprint density at radius 1 is 1.21 bits per heavy atom. The van der Waals surface area contributed by atoms with Gasteiger partial charge in [-0.25, -0.2) is 4.98 Å². The average molecular weight is 499 g/mol. The third-order valence-corrected chi connectivity index (χ3v) is 7.42. The SMILES string of the molecule is COC#CC(=O)N1CCc2cc(N(Cc3ccc(Cl)cc3)S(=O)(=O)c3cn(C)cn3)ccc2C1. The molecule has 0 saturated carbocycles. The smallest absolute Gasteiger partial charge is 0.302 e. The lowest BCUT2D eigenvalue weighted by Crippen LogP contribution is -2.35. The lowest BCUT2D eigenvalue weighted by molar-refractivity contribution is -0.126. The van der Waals surface area contributed by atoms with Gasteiger partial charge in [-0.1, -0.05) is 29.8 Å². The van der Waals surface area contributed by atoms with Crippen LogP contribution in [0.5, 0.6) is 0 Å². The number of sulfonamides is 1. The molecule has 0 atom stereocenters. The first-order valence-corrected chi connectivity index (χ1v) is 12.3. The molecular formula is C24H23ClN4O4S. The molecule has 0 fully saturated rings. The largest absolute Gasteiger partial charge is 0.450 e. The lowest BCUT2D eigenvalue weighted by atomic mass is 9.99. The highest BCUT2D eigenvalue weighted by molar-refractivity contribution is 7.92. The molecule has 1 amide bonds. The molecule has 0 aliphatic carbocycles. The summed E-state index contributed by atoms with van der Waals surface area (Å²) in [4.78, 5) is 17.9. The van der Waals surface area contributed by atoms with Crippen molar-refractivity contribution in [3.8, 4) is 12.0 Å². The molecule has 0 spiro atoms. The highest BCUT2D eigenvalue weighted by atomic mass is 35.5. The van der Waals surface area contributed by atoms with Crippen LogP contribution in [0.15, 0.2) is 60.0 Å². The molecule has 34 heavy (non-hydrogen) atoms. The number of methoxy groups -OCH3 is 1. The second kappa shape index (κ2) is 9.79. The molecule has 2 heterocycles. The molecule has 3 aromatic rings. The molecule has 2 aromatic carbocycles. The van der Waals surface area contributed by atoms with Crippen molar-refractivity contribution in [1.82, 2.24) is 14.5 Å². The summed E-state index contributed by atoms with van der Waals surface area (Å²) in [6.45, 7) is 1.00. The van der Waals surface area contributed by atoms with Gasteiger partial charge in [0.25, 0.3) is 10.0 Å². The van der Waals surface area contributed by atoms with E-state index in [2.05, 4.69) is 21.7 Å². The molecule has 1 aromatic heterocycles. The van der Waals surface area contributed by atoms with Crippen molar-refractivity contribution < 1.29 is 17.9 Å². The number of rotatable bonds is 5. The first kappa shape index (κ1) is 23.7. The normalized spacial score (nSPS) is 13.0. The summed E-state index contributed by atoms with van der Waals surface area (Å²) in [7, 11) is -0.805. The zero-order valence-electron chi connectivity index (χ0n) is 18.7. The van der Waals surface area contributed by atoms with E-state index < -0.39 is 10.0 Å². The van der Waals surface area contributed by atoms with E-state index in [0.29, 0.717) is 30.2 Å². The second-order valence-electron chi connectivity index (χ2n) is 7.88. The van der Waals surface area contributed by atoms with Gasteiger partial charge in [0.1, 0.15) is 6.11 Å². The van der Waals surface area contributed by atoms with Gasteiger partial charge in [0, 0.05) is 37.3 Å². The maximum atomic E-state index is 13.6. The van der Waals surface area contributed by atoms with Crippen molar-refractivity contribution >= 4 is 33.2 Å². The van der Waals surface area contributed by atoms with Crippen molar-refractivity contribution in [2.75, 3.05) is 18.0 Å². The van der Waals surface area contributed by atoms with Crippen LogP contribution in [0.25, 0.3) is 0 Å². The van der Waals surface area contributed by atoms with Gasteiger partial charge in [-0.15, -0.1) is 0 Å². The average Bonchev–Trinajstić information content (AvgIpc) is 3.28. The summed E-state index contributed by atoms with van der Waals surface area (Å²) in [6.07, 6.45) is 5.84. The summed E-state index contributed by atoms with van der Waals surface area (Å²) in [5.41, 5.74) is 3.25. The number of halogens is 1. The predicted octanol–water partition coefficient (Wildman–Crippen LogP) is 2.96. The summed E-state index contributed by atoms with van der Waals surface area (Å²) >= 11 is 6.01. The standard InChI is InChI=1S/C24H23ClN4O4S/c1-27-16-23(26-17-27)34(31,32)29(14-18-3-6-21(25)7-4-18)22-8-5-20-15-28(11-9-19(20)13-22)24(30)10-12-33-2/h3-8,13,16-17H,9,11,14-15H2,1-2H3. The van der Waals surface area contributed by atoms with Crippen LogP contribution in [-0.2, 0) is 46.1 Å². The third-order valence-electron chi connectivity index (χ3n) is 5.51. The number of fused-ring (bicyclic) bond motifs is 1. The van der Waals surface area contributed by atoms with E-state index in [-0.39, 0.29) is 17.5 Å². The number of amides is 1. The van der Waals surface area contributed by atoms with Crippen molar-refractivity contribution in [2.45, 2.75) is 24.5 Å². The van der Waals surface area contributed by atoms with Gasteiger partial charge >= 0.3 is 5.91 Å². The van der Waals surface area contributed by atoms with E-state index in [1.807, 2.05) is 12.1 Å². The van der Waals surface area contributed by atoms with Crippen LogP contribution in [0.1, 0.15) is 16.7 Å². The second-order valence-corrected chi connectivity index (χ2v) is 10.1. The van der Waals surface area contributed by atoms with E-state index in [1.165, 1.54) is 23.9 Å². The molecule has 176 valence electrons. The van der Waals surface area contributed by atoms with Crippen molar-refractivity contribution in [3.05, 3.63) is 76.7 Å². The lowest BCUT2D eigenvalue weighted by Gasteiger charge is -2.29. The molecule has 0 radical (unpaired) electrons. The minimum Gasteiger partial charge on any atom is -0.450 e. The quantitative estimate of drug-likeness (QED) is 0.505. The van der Waals surface area contributed by atoms with E-state index in [4.69, 9.17) is 11.6 Å². The first-order chi connectivity index (χ1) is 16.3. The Balaban J connectivity index is 1.68. The van der Waals surface area contributed by atoms with Crippen LogP contribution < -0.4 is 4.31 Å². The number of benzene rings is 2. The van der Waals surface area contributed by atoms with Crippen molar-refractivity contribution in [2.24, 2.45) is 7.05 Å². The van der Waals surface area contributed by atoms with Gasteiger partial charge in [-0.05, 0) is 47.4 Å². The van der Waals surface area contributed by atoms with Crippen LogP contribution in [0.4, 0.5) is 5.69 Å². The highest BCUT2D eigenvalue weighted by Gasteiger charge is 2.29. The van der Waals surface area contributed by atoms with Gasteiger partial charge < -0.3 is 14.2 Å². The minimum absolute atomic E-state index is 0.0322. The number of carbonyl (C=O) groups is 1. The molecule has 0 bridgehead atoms. The molecule has 0 unspecified atom stereocenters. The third kappa shape index (κ3) is 5.03. The summed E-state index contributed by atoms with van der Waals surface area (Å²) in [6, 6.07) is 12.5. The minimum atomic E-state index is -3.93. The van der Waals surface area contributed by atoms with Crippen LogP contribution >= 0.6 is 11.6 Å². The zero-order valence-corrected chi connectivity index (χ0v) is 20.3. The van der Waals surface area contributed by atoms with Crippen LogP contribution in [0.3, 0.4) is 0 Å². The van der Waals surface area contributed by atoms with Gasteiger partial charge in [0.2, 0.25) is 0 Å². The molecule has 10 heteroatoms. The molecule has 4 rings (SSSR count). The fraction of sp³-hybridized carbons (Fsp3) is 0.250. The monoisotopic (exact) mass is 498 g/mol. The molecule has 1 aliphatic rings. The number of aryl methyl sites for hydroxylation is 1. The first-order valence-electron chi connectivity index (χ1n) is 10.5. The summed E-state index contributed by atoms with van der Waals surface area (Å²) in [5.74, 6) is 2.14. The number of hydrogen-bond donors (Lipinski definition) is 0. The topological polar surface area (TPSA) is 84.7 Å². The molecule has 0 saturated heterocycles. The van der Waals surface area contributed by atoms with Crippen molar-refractivity contribution in [3.63, 3.8) is 0 Å². The summed E-state index contributed by atoms with van der Waals surface area (Å²) in [5, 5.41) is 0.543. The molecule has 0 N–H and O–H groups in total. The zero-order chi connectivity index (χ0) is 24.3. The Labute approximate surface area is 203 Å². The number of imidazole rings is 1. The number of ether oxygens (including phenoxy) is 1. The number of anilines is 1. The Kier molecular flexibility index (Phi) is 6.82. The highest BCUT2D eigenvalue weighted by Crippen LogP contribution is 2.30. The number of aromatic nitrogens is 2. The number of nitrogens with zero attached hydrogens (tertiary/aromatic N) is 4.